The molecule has 0 aromatic heterocycles. The zero-order valence-electron chi connectivity index (χ0n) is 11.6. The normalized spacial score (nSPS) is 13.1. The summed E-state index contributed by atoms with van der Waals surface area (Å²) in [6.45, 7) is 5.00. The highest BCUT2D eigenvalue weighted by molar-refractivity contribution is 7.91. The van der Waals surface area contributed by atoms with Crippen molar-refractivity contribution in [2.45, 2.75) is 26.8 Å². The van der Waals surface area contributed by atoms with Crippen LogP contribution in [0.3, 0.4) is 0 Å². The Balaban J connectivity index is 3.92. The maximum atomic E-state index is 11.5. The molecular weight excluding hydrogens is 270 g/mol. The van der Waals surface area contributed by atoms with Gasteiger partial charge in [-0.2, -0.15) is 0 Å². The first-order valence-electron chi connectivity index (χ1n) is 6.20. The van der Waals surface area contributed by atoms with E-state index in [1.807, 2.05) is 0 Å². The molecular formula is C11H23N3O4S. The van der Waals surface area contributed by atoms with Crippen LogP contribution in [0.1, 0.15) is 20.8 Å². The predicted molar refractivity (Wildman–Crippen MR) is 73.2 cm³/mol. The van der Waals surface area contributed by atoms with Crippen molar-refractivity contribution in [3.05, 3.63) is 0 Å². The molecule has 0 fully saturated rings. The van der Waals surface area contributed by atoms with Crippen molar-refractivity contribution in [3.8, 4) is 0 Å². The average Bonchev–Trinajstić information content (AvgIpc) is 2.34. The quantitative estimate of drug-likeness (QED) is 0.510. The number of nitrogens with one attached hydrogen (secondary N) is 2. The Morgan fingerprint density at radius 1 is 1.21 bits per heavy atom. The van der Waals surface area contributed by atoms with Crippen LogP contribution in [0.25, 0.3) is 0 Å². The first kappa shape index (κ1) is 17.8. The van der Waals surface area contributed by atoms with Gasteiger partial charge in [0.2, 0.25) is 11.8 Å². The molecule has 0 spiro atoms. The number of carbonyl (C=O) groups is 2. The molecule has 0 bridgehead atoms. The van der Waals surface area contributed by atoms with Gasteiger partial charge in [0, 0.05) is 12.3 Å². The Labute approximate surface area is 114 Å². The molecule has 0 heterocycles. The highest BCUT2D eigenvalue weighted by atomic mass is 32.2. The van der Waals surface area contributed by atoms with Crippen molar-refractivity contribution in [2.24, 2.45) is 11.7 Å². The summed E-state index contributed by atoms with van der Waals surface area (Å²) in [5, 5.41) is 4.82. The van der Waals surface area contributed by atoms with E-state index < -0.39 is 27.7 Å². The smallest absolute Gasteiger partial charge is 0.239 e. The molecule has 0 unspecified atom stereocenters. The topological polar surface area (TPSA) is 118 Å². The summed E-state index contributed by atoms with van der Waals surface area (Å²) in [6, 6.07) is -0.659. The van der Waals surface area contributed by atoms with Gasteiger partial charge in [0.1, 0.15) is 0 Å². The summed E-state index contributed by atoms with van der Waals surface area (Å²) in [7, 11) is -3.09. The summed E-state index contributed by atoms with van der Waals surface area (Å²) in [5.74, 6) is -0.905. The molecule has 0 radical (unpaired) electrons. The average molecular weight is 293 g/mol. The molecule has 8 heteroatoms. The lowest BCUT2D eigenvalue weighted by atomic mass is 10.1. The fourth-order valence-electron chi connectivity index (χ4n) is 1.14. The summed E-state index contributed by atoms with van der Waals surface area (Å²) in [5.41, 5.74) is 5.60. The third-order valence-electron chi connectivity index (χ3n) is 2.62. The van der Waals surface area contributed by atoms with Crippen LogP contribution in [-0.4, -0.2) is 50.9 Å². The van der Waals surface area contributed by atoms with Crippen molar-refractivity contribution < 1.29 is 18.0 Å². The van der Waals surface area contributed by atoms with E-state index in [2.05, 4.69) is 10.6 Å². The Bertz CT molecular complexity index is 406. The van der Waals surface area contributed by atoms with E-state index in [4.69, 9.17) is 5.73 Å². The number of hydrogen-bond acceptors (Lipinski definition) is 5. The molecule has 2 amide bonds. The molecule has 1 atom stereocenters. The molecule has 0 saturated heterocycles. The Morgan fingerprint density at radius 3 is 2.26 bits per heavy atom. The van der Waals surface area contributed by atoms with Gasteiger partial charge < -0.3 is 16.4 Å². The van der Waals surface area contributed by atoms with Gasteiger partial charge in [-0.1, -0.05) is 20.8 Å². The highest BCUT2D eigenvalue weighted by Crippen LogP contribution is 1.97. The molecule has 0 aliphatic carbocycles. The van der Waals surface area contributed by atoms with Gasteiger partial charge in [-0.3, -0.25) is 9.59 Å². The molecule has 0 aromatic carbocycles. The van der Waals surface area contributed by atoms with Crippen LogP contribution in [-0.2, 0) is 19.4 Å². The fourth-order valence-corrected chi connectivity index (χ4v) is 1.84. The highest BCUT2D eigenvalue weighted by Gasteiger charge is 2.17. The van der Waals surface area contributed by atoms with Gasteiger partial charge in [-0.15, -0.1) is 0 Å². The van der Waals surface area contributed by atoms with Crippen LogP contribution in [0.2, 0.25) is 0 Å². The van der Waals surface area contributed by atoms with Crippen LogP contribution in [0, 0.1) is 5.92 Å². The number of hydrogen-bond donors (Lipinski definition) is 3. The van der Waals surface area contributed by atoms with E-state index in [-0.39, 0.29) is 30.5 Å². The van der Waals surface area contributed by atoms with Gasteiger partial charge in [0.25, 0.3) is 0 Å². The first-order chi connectivity index (χ1) is 8.69. The first-order valence-corrected chi connectivity index (χ1v) is 8.02. The minimum Gasteiger partial charge on any atom is -0.354 e. The lowest BCUT2D eigenvalue weighted by Gasteiger charge is -2.15. The van der Waals surface area contributed by atoms with Crippen LogP contribution in [0.15, 0.2) is 0 Å². The Hall–Kier alpha value is -1.15. The number of sulfone groups is 1. The fraction of sp³-hybridized carbons (Fsp3) is 0.818. The molecule has 0 aromatic rings. The molecule has 7 nitrogen and oxygen atoms in total. The van der Waals surface area contributed by atoms with Gasteiger partial charge >= 0.3 is 0 Å². The second-order valence-corrected chi connectivity index (χ2v) is 7.05. The Kier molecular flexibility index (Phi) is 7.62. The molecule has 0 aliphatic heterocycles. The molecule has 0 saturated carbocycles. The minimum atomic E-state index is -3.09. The van der Waals surface area contributed by atoms with Crippen molar-refractivity contribution in [1.29, 1.82) is 0 Å². The SMILES string of the molecule is CCS(=O)(=O)CCNC(=O)CNC(=O)[C@@H](N)C(C)C. The number of carbonyl (C=O) groups excluding carboxylic acids is 2. The number of amides is 2. The summed E-state index contributed by atoms with van der Waals surface area (Å²) in [4.78, 5) is 22.8. The number of rotatable bonds is 8. The summed E-state index contributed by atoms with van der Waals surface area (Å²) >= 11 is 0. The number of nitrogens with two attached hydrogens (primary N) is 1. The van der Waals surface area contributed by atoms with E-state index >= 15 is 0 Å². The third-order valence-corrected chi connectivity index (χ3v) is 4.33. The maximum Gasteiger partial charge on any atom is 0.239 e. The lowest BCUT2D eigenvalue weighted by molar-refractivity contribution is -0.127. The van der Waals surface area contributed by atoms with Crippen LogP contribution in [0.4, 0.5) is 0 Å². The van der Waals surface area contributed by atoms with E-state index in [9.17, 15) is 18.0 Å². The maximum absolute atomic E-state index is 11.5. The van der Waals surface area contributed by atoms with Crippen LogP contribution < -0.4 is 16.4 Å². The zero-order valence-corrected chi connectivity index (χ0v) is 12.4. The Morgan fingerprint density at radius 2 is 1.79 bits per heavy atom. The van der Waals surface area contributed by atoms with Crippen molar-refractivity contribution >= 4 is 21.7 Å². The van der Waals surface area contributed by atoms with Crippen molar-refractivity contribution in [2.75, 3.05) is 24.6 Å². The van der Waals surface area contributed by atoms with Crippen LogP contribution in [0.5, 0.6) is 0 Å². The summed E-state index contributed by atoms with van der Waals surface area (Å²) < 4.78 is 22.3. The standard InChI is InChI=1S/C11H23N3O4S/c1-4-19(17,18)6-5-13-9(15)7-14-11(16)10(12)8(2)3/h8,10H,4-7,12H2,1-3H3,(H,13,15)(H,14,16)/t10-/m0/s1. The molecule has 0 rings (SSSR count). The van der Waals surface area contributed by atoms with Gasteiger partial charge in [0.15, 0.2) is 9.84 Å². The van der Waals surface area contributed by atoms with Gasteiger partial charge in [-0.05, 0) is 5.92 Å². The largest absolute Gasteiger partial charge is 0.354 e. The van der Waals surface area contributed by atoms with Gasteiger partial charge in [-0.25, -0.2) is 8.42 Å². The van der Waals surface area contributed by atoms with E-state index in [0.29, 0.717) is 0 Å². The third kappa shape index (κ3) is 7.78. The zero-order chi connectivity index (χ0) is 15.1. The second-order valence-electron chi connectivity index (χ2n) is 4.57. The van der Waals surface area contributed by atoms with E-state index in [1.165, 1.54) is 0 Å². The summed E-state index contributed by atoms with van der Waals surface area (Å²) in [6.07, 6.45) is 0. The minimum absolute atomic E-state index is 0.0160. The molecule has 19 heavy (non-hydrogen) atoms. The van der Waals surface area contributed by atoms with Gasteiger partial charge in [0.05, 0.1) is 18.3 Å². The molecule has 0 aliphatic rings. The van der Waals surface area contributed by atoms with E-state index in [1.54, 1.807) is 20.8 Å². The van der Waals surface area contributed by atoms with Crippen molar-refractivity contribution in [3.63, 3.8) is 0 Å². The lowest BCUT2D eigenvalue weighted by Crippen LogP contribution is -2.47. The predicted octanol–water partition coefficient (Wildman–Crippen LogP) is -1.36. The molecule has 4 N–H and O–H groups in total. The van der Waals surface area contributed by atoms with E-state index in [0.717, 1.165) is 0 Å². The van der Waals surface area contributed by atoms with Crippen LogP contribution >= 0.6 is 0 Å². The monoisotopic (exact) mass is 293 g/mol. The molecule has 112 valence electrons. The second kappa shape index (κ2) is 8.11. The van der Waals surface area contributed by atoms with Crippen molar-refractivity contribution in [1.82, 2.24) is 10.6 Å².